The van der Waals surface area contributed by atoms with E-state index in [1.54, 1.807) is 31.3 Å². The van der Waals surface area contributed by atoms with Gasteiger partial charge in [-0.15, -0.1) is 0 Å². The maximum atomic E-state index is 11.5. The summed E-state index contributed by atoms with van der Waals surface area (Å²) in [4.78, 5) is 11.5. The summed E-state index contributed by atoms with van der Waals surface area (Å²) in [7, 11) is 0. The lowest BCUT2D eigenvalue weighted by Gasteiger charge is -1.99. The normalized spacial score (nSPS) is 10.4. The van der Waals surface area contributed by atoms with E-state index in [2.05, 4.69) is 5.16 Å². The van der Waals surface area contributed by atoms with Crippen molar-refractivity contribution in [1.82, 2.24) is 9.72 Å². The average molecular weight is 191 g/mol. The summed E-state index contributed by atoms with van der Waals surface area (Å²) < 4.78 is 6.20. The number of anilines is 1. The summed E-state index contributed by atoms with van der Waals surface area (Å²) in [6.07, 6.45) is 1.59. The first-order valence-corrected chi connectivity index (χ1v) is 4.09. The zero-order chi connectivity index (χ0) is 10.1. The summed E-state index contributed by atoms with van der Waals surface area (Å²) in [5.41, 5.74) is 5.37. The second kappa shape index (κ2) is 3.02. The lowest BCUT2D eigenvalue weighted by molar-refractivity contribution is 0.394. The molecule has 0 aromatic carbocycles. The van der Waals surface area contributed by atoms with Gasteiger partial charge in [0.25, 0.3) is 5.56 Å². The Labute approximate surface area is 79.7 Å². The molecule has 0 saturated carbocycles. The molecule has 2 heterocycles. The van der Waals surface area contributed by atoms with Crippen molar-refractivity contribution in [3.63, 3.8) is 0 Å². The van der Waals surface area contributed by atoms with Crippen LogP contribution in [0.25, 0.3) is 5.82 Å². The van der Waals surface area contributed by atoms with Crippen molar-refractivity contribution < 1.29 is 4.52 Å². The van der Waals surface area contributed by atoms with Crippen molar-refractivity contribution >= 4 is 5.69 Å². The Morgan fingerprint density at radius 1 is 1.57 bits per heavy atom. The number of nitrogens with zero attached hydrogens (tertiary/aromatic N) is 2. The third-order valence-corrected chi connectivity index (χ3v) is 1.84. The molecule has 2 rings (SSSR count). The van der Waals surface area contributed by atoms with E-state index in [1.165, 1.54) is 4.57 Å². The number of hydrogen-bond donors (Lipinski definition) is 1. The van der Waals surface area contributed by atoms with Crippen molar-refractivity contribution in [3.8, 4) is 5.82 Å². The molecule has 0 unspecified atom stereocenters. The zero-order valence-corrected chi connectivity index (χ0v) is 7.60. The van der Waals surface area contributed by atoms with Gasteiger partial charge in [-0.05, 0) is 19.1 Å². The van der Waals surface area contributed by atoms with Crippen LogP contribution in [0.4, 0.5) is 5.69 Å². The standard InChI is InChI=1S/C9H9N3O2/c1-6-5-8(11-14-6)12-4-2-3-7(10)9(12)13/h2-5H,10H2,1H3. The summed E-state index contributed by atoms with van der Waals surface area (Å²) in [5, 5.41) is 3.72. The van der Waals surface area contributed by atoms with E-state index >= 15 is 0 Å². The molecule has 2 aromatic rings. The van der Waals surface area contributed by atoms with Gasteiger partial charge < -0.3 is 10.3 Å². The molecule has 0 aliphatic rings. The van der Waals surface area contributed by atoms with Gasteiger partial charge in [0.2, 0.25) is 0 Å². The number of rotatable bonds is 1. The van der Waals surface area contributed by atoms with E-state index in [0.717, 1.165) is 0 Å². The molecule has 0 amide bonds. The topological polar surface area (TPSA) is 74.0 Å². The third kappa shape index (κ3) is 1.28. The van der Waals surface area contributed by atoms with E-state index in [4.69, 9.17) is 10.3 Å². The minimum atomic E-state index is -0.291. The van der Waals surface area contributed by atoms with Crippen molar-refractivity contribution in [3.05, 3.63) is 40.5 Å². The van der Waals surface area contributed by atoms with Crippen LogP contribution in [0.2, 0.25) is 0 Å². The Morgan fingerprint density at radius 3 is 3.00 bits per heavy atom. The van der Waals surface area contributed by atoms with Crippen LogP contribution in [0.1, 0.15) is 5.76 Å². The first-order valence-electron chi connectivity index (χ1n) is 4.09. The lowest BCUT2D eigenvalue weighted by Crippen LogP contribution is -2.20. The number of nitrogen functional groups attached to an aromatic ring is 1. The second-order valence-electron chi connectivity index (χ2n) is 2.93. The highest BCUT2D eigenvalue weighted by molar-refractivity contribution is 5.37. The van der Waals surface area contributed by atoms with Crippen LogP contribution in [0.15, 0.2) is 33.7 Å². The highest BCUT2D eigenvalue weighted by Gasteiger charge is 2.05. The van der Waals surface area contributed by atoms with Gasteiger partial charge in [0.1, 0.15) is 5.76 Å². The predicted molar refractivity (Wildman–Crippen MR) is 51.2 cm³/mol. The fourth-order valence-corrected chi connectivity index (χ4v) is 1.16. The number of aryl methyl sites for hydroxylation is 1. The molecule has 72 valence electrons. The molecule has 0 aliphatic heterocycles. The third-order valence-electron chi connectivity index (χ3n) is 1.84. The number of nitrogens with two attached hydrogens (primary N) is 1. The molecular formula is C9H9N3O2. The Bertz CT molecular complexity index is 513. The first-order chi connectivity index (χ1) is 6.68. The van der Waals surface area contributed by atoms with Gasteiger partial charge in [-0.3, -0.25) is 9.36 Å². The Kier molecular flexibility index (Phi) is 1.85. The van der Waals surface area contributed by atoms with Crippen molar-refractivity contribution in [2.45, 2.75) is 6.92 Å². The lowest BCUT2D eigenvalue weighted by atomic mass is 10.4. The minimum Gasteiger partial charge on any atom is -0.394 e. The quantitative estimate of drug-likeness (QED) is 0.720. The van der Waals surface area contributed by atoms with Gasteiger partial charge in [0.05, 0.1) is 5.69 Å². The van der Waals surface area contributed by atoms with Crippen molar-refractivity contribution in [2.75, 3.05) is 5.73 Å². The van der Waals surface area contributed by atoms with Gasteiger partial charge in [-0.2, -0.15) is 0 Å². The molecule has 5 nitrogen and oxygen atoms in total. The van der Waals surface area contributed by atoms with Crippen LogP contribution in [0, 0.1) is 6.92 Å². The highest BCUT2D eigenvalue weighted by Crippen LogP contribution is 2.06. The minimum absolute atomic E-state index is 0.188. The van der Waals surface area contributed by atoms with E-state index in [9.17, 15) is 4.79 Å². The highest BCUT2D eigenvalue weighted by atomic mass is 16.5. The van der Waals surface area contributed by atoms with Crippen LogP contribution in [-0.4, -0.2) is 9.72 Å². The predicted octanol–water partition coefficient (Wildman–Crippen LogP) is 0.716. The fraction of sp³-hybridized carbons (Fsp3) is 0.111. The first kappa shape index (κ1) is 8.55. The largest absolute Gasteiger partial charge is 0.394 e. The van der Waals surface area contributed by atoms with Gasteiger partial charge in [0.15, 0.2) is 5.82 Å². The summed E-state index contributed by atoms with van der Waals surface area (Å²) >= 11 is 0. The van der Waals surface area contributed by atoms with Gasteiger partial charge in [-0.25, -0.2) is 0 Å². The summed E-state index contributed by atoms with van der Waals surface area (Å²) in [5.74, 6) is 1.09. The van der Waals surface area contributed by atoms with Gasteiger partial charge >= 0.3 is 0 Å². The Hall–Kier alpha value is -2.04. The SMILES string of the molecule is Cc1cc(-n2cccc(N)c2=O)no1. The van der Waals surface area contributed by atoms with E-state index in [-0.39, 0.29) is 11.2 Å². The molecule has 2 N–H and O–H groups in total. The summed E-state index contributed by atoms with van der Waals surface area (Å²) in [6, 6.07) is 4.90. The average Bonchev–Trinajstić information content (AvgIpc) is 2.57. The van der Waals surface area contributed by atoms with E-state index in [0.29, 0.717) is 11.6 Å². The monoisotopic (exact) mass is 191 g/mol. The Morgan fingerprint density at radius 2 is 2.36 bits per heavy atom. The van der Waals surface area contributed by atoms with Crippen LogP contribution < -0.4 is 11.3 Å². The summed E-state index contributed by atoms with van der Waals surface area (Å²) in [6.45, 7) is 1.76. The molecule has 0 fully saturated rings. The molecule has 0 aliphatic carbocycles. The molecule has 14 heavy (non-hydrogen) atoms. The number of pyridine rings is 1. The molecule has 0 spiro atoms. The molecular weight excluding hydrogens is 182 g/mol. The number of aromatic nitrogens is 2. The van der Waals surface area contributed by atoms with Crippen molar-refractivity contribution in [2.24, 2.45) is 0 Å². The van der Waals surface area contributed by atoms with Crippen molar-refractivity contribution in [1.29, 1.82) is 0 Å². The van der Waals surface area contributed by atoms with E-state index < -0.39 is 0 Å². The maximum Gasteiger partial charge on any atom is 0.279 e. The zero-order valence-electron chi connectivity index (χ0n) is 7.60. The van der Waals surface area contributed by atoms with E-state index in [1.807, 2.05) is 0 Å². The second-order valence-corrected chi connectivity index (χ2v) is 2.93. The number of hydrogen-bond acceptors (Lipinski definition) is 4. The molecule has 2 aromatic heterocycles. The van der Waals surface area contributed by atoms with Crippen LogP contribution >= 0.6 is 0 Å². The Balaban J connectivity index is 2.63. The maximum absolute atomic E-state index is 11.5. The van der Waals surface area contributed by atoms with Gasteiger partial charge in [-0.1, -0.05) is 5.16 Å². The molecule has 0 radical (unpaired) electrons. The van der Waals surface area contributed by atoms with Crippen LogP contribution in [0.5, 0.6) is 0 Å². The van der Waals surface area contributed by atoms with Crippen LogP contribution in [0.3, 0.4) is 0 Å². The van der Waals surface area contributed by atoms with Crippen LogP contribution in [-0.2, 0) is 0 Å². The molecule has 5 heteroatoms. The smallest absolute Gasteiger partial charge is 0.279 e. The molecule has 0 saturated heterocycles. The fourth-order valence-electron chi connectivity index (χ4n) is 1.16. The molecule has 0 bridgehead atoms. The molecule has 0 atom stereocenters. The van der Waals surface area contributed by atoms with Gasteiger partial charge in [0, 0.05) is 12.3 Å².